The van der Waals surface area contributed by atoms with Gasteiger partial charge in [0, 0.05) is 37.6 Å². The maximum absolute atomic E-state index is 11.9. The molecular weight excluding hydrogens is 192 g/mol. The summed E-state index contributed by atoms with van der Waals surface area (Å²) in [5.74, 6) is 0.456. The van der Waals surface area contributed by atoms with Gasteiger partial charge in [-0.2, -0.15) is 0 Å². The molecule has 1 aliphatic heterocycles. The summed E-state index contributed by atoms with van der Waals surface area (Å²) in [7, 11) is 0. The van der Waals surface area contributed by atoms with Crippen LogP contribution in [0.5, 0.6) is 0 Å². The Morgan fingerprint density at radius 1 is 1.53 bits per heavy atom. The molecule has 1 amide bonds. The number of nitrogens with two attached hydrogens (primary N) is 1. The molecule has 15 heavy (non-hydrogen) atoms. The lowest BCUT2D eigenvalue weighted by molar-refractivity contribution is -0.132. The van der Waals surface area contributed by atoms with E-state index < -0.39 is 0 Å². The average Bonchev–Trinajstić information content (AvgIpc) is 2.63. The topological polar surface area (TPSA) is 66.6 Å². The van der Waals surface area contributed by atoms with Crippen LogP contribution in [0.1, 0.15) is 32.1 Å². The van der Waals surface area contributed by atoms with Crippen molar-refractivity contribution in [2.24, 2.45) is 11.7 Å². The number of aliphatic hydroxyl groups is 1. The van der Waals surface area contributed by atoms with E-state index in [9.17, 15) is 4.79 Å². The summed E-state index contributed by atoms with van der Waals surface area (Å²) in [4.78, 5) is 13.7. The smallest absolute Gasteiger partial charge is 0.224 e. The summed E-state index contributed by atoms with van der Waals surface area (Å²) in [6, 6.07) is 0. The summed E-state index contributed by atoms with van der Waals surface area (Å²) < 4.78 is 0. The number of carbonyl (C=O) groups is 1. The van der Waals surface area contributed by atoms with Crippen LogP contribution in [0.15, 0.2) is 0 Å². The molecule has 0 spiro atoms. The maximum Gasteiger partial charge on any atom is 0.224 e. The van der Waals surface area contributed by atoms with Gasteiger partial charge >= 0.3 is 0 Å². The lowest BCUT2D eigenvalue weighted by Gasteiger charge is -2.38. The Labute approximate surface area is 90.4 Å². The highest BCUT2D eigenvalue weighted by Gasteiger charge is 2.37. The van der Waals surface area contributed by atoms with Crippen molar-refractivity contribution in [1.82, 2.24) is 4.90 Å². The number of hydrogen-bond donors (Lipinski definition) is 2. The van der Waals surface area contributed by atoms with Crippen molar-refractivity contribution < 1.29 is 9.90 Å². The first kappa shape index (κ1) is 10.9. The lowest BCUT2D eigenvalue weighted by atomic mass is 9.75. The van der Waals surface area contributed by atoms with Crippen molar-refractivity contribution in [1.29, 1.82) is 0 Å². The van der Waals surface area contributed by atoms with Crippen LogP contribution in [0.2, 0.25) is 0 Å². The molecule has 0 bridgehead atoms. The van der Waals surface area contributed by atoms with E-state index in [0.29, 0.717) is 13.0 Å². The fourth-order valence-corrected chi connectivity index (χ4v) is 2.43. The predicted octanol–water partition coefficient (Wildman–Crippen LogP) is 0.0987. The van der Waals surface area contributed by atoms with Crippen molar-refractivity contribution in [3.8, 4) is 0 Å². The zero-order chi connectivity index (χ0) is 10.9. The standard InChI is InChI=1S/C11H20N2O2/c12-11(3-1-4-11)6-10(15)13-5-2-9(7-13)8-14/h9,14H,1-8,12H2. The molecule has 1 heterocycles. The third kappa shape index (κ3) is 2.32. The molecule has 2 rings (SSSR count). The number of nitrogens with zero attached hydrogens (tertiary/aromatic N) is 1. The van der Waals surface area contributed by atoms with Crippen molar-refractivity contribution in [2.45, 2.75) is 37.6 Å². The van der Waals surface area contributed by atoms with Crippen LogP contribution in [0.25, 0.3) is 0 Å². The van der Waals surface area contributed by atoms with Gasteiger partial charge < -0.3 is 15.7 Å². The molecule has 0 radical (unpaired) electrons. The van der Waals surface area contributed by atoms with Gasteiger partial charge in [0.1, 0.15) is 0 Å². The number of carbonyl (C=O) groups excluding carboxylic acids is 1. The molecule has 86 valence electrons. The summed E-state index contributed by atoms with van der Waals surface area (Å²) in [6.07, 6.45) is 4.54. The van der Waals surface area contributed by atoms with Crippen molar-refractivity contribution in [3.63, 3.8) is 0 Å². The van der Waals surface area contributed by atoms with E-state index in [2.05, 4.69) is 0 Å². The van der Waals surface area contributed by atoms with E-state index in [-0.39, 0.29) is 24.0 Å². The summed E-state index contributed by atoms with van der Waals surface area (Å²) in [6.45, 7) is 1.70. The lowest BCUT2D eigenvalue weighted by Crippen LogP contribution is -2.50. The molecule has 1 atom stereocenters. The Morgan fingerprint density at radius 3 is 2.73 bits per heavy atom. The molecule has 0 aromatic heterocycles. The highest BCUT2D eigenvalue weighted by atomic mass is 16.3. The molecule has 0 aromatic rings. The van der Waals surface area contributed by atoms with Crippen LogP contribution in [-0.2, 0) is 4.79 Å². The zero-order valence-corrected chi connectivity index (χ0v) is 9.11. The largest absolute Gasteiger partial charge is 0.396 e. The molecule has 0 aromatic carbocycles. The minimum absolute atomic E-state index is 0.174. The second-order valence-electron chi connectivity index (χ2n) is 5.07. The van der Waals surface area contributed by atoms with Crippen LogP contribution in [0, 0.1) is 5.92 Å². The summed E-state index contributed by atoms with van der Waals surface area (Å²) in [5, 5.41) is 8.99. The van der Waals surface area contributed by atoms with Gasteiger partial charge in [0.2, 0.25) is 5.91 Å². The normalized spacial score (nSPS) is 28.9. The van der Waals surface area contributed by atoms with Gasteiger partial charge in [-0.25, -0.2) is 0 Å². The molecule has 1 saturated carbocycles. The van der Waals surface area contributed by atoms with Gasteiger partial charge in [0.05, 0.1) is 0 Å². The third-order valence-corrected chi connectivity index (χ3v) is 3.75. The molecule has 1 unspecified atom stereocenters. The second-order valence-corrected chi connectivity index (χ2v) is 5.07. The molecule has 1 aliphatic carbocycles. The first-order valence-corrected chi connectivity index (χ1v) is 5.80. The number of rotatable bonds is 3. The zero-order valence-electron chi connectivity index (χ0n) is 9.11. The molecule has 2 fully saturated rings. The van der Waals surface area contributed by atoms with Crippen LogP contribution in [-0.4, -0.2) is 41.1 Å². The van der Waals surface area contributed by atoms with Crippen LogP contribution in [0.4, 0.5) is 0 Å². The highest BCUT2D eigenvalue weighted by Crippen LogP contribution is 2.33. The molecule has 3 N–H and O–H groups in total. The van der Waals surface area contributed by atoms with Crippen LogP contribution in [0.3, 0.4) is 0 Å². The highest BCUT2D eigenvalue weighted by molar-refractivity contribution is 5.77. The maximum atomic E-state index is 11.9. The van der Waals surface area contributed by atoms with Crippen LogP contribution < -0.4 is 5.73 Å². The minimum Gasteiger partial charge on any atom is -0.396 e. The molecule has 1 saturated heterocycles. The molecule has 4 nitrogen and oxygen atoms in total. The van der Waals surface area contributed by atoms with Gasteiger partial charge in [0.15, 0.2) is 0 Å². The Balaban J connectivity index is 1.81. The first-order valence-electron chi connectivity index (χ1n) is 5.80. The Morgan fingerprint density at radius 2 is 2.27 bits per heavy atom. The number of hydrogen-bond acceptors (Lipinski definition) is 3. The monoisotopic (exact) mass is 212 g/mol. The molecule has 4 heteroatoms. The Hall–Kier alpha value is -0.610. The second kappa shape index (κ2) is 4.10. The third-order valence-electron chi connectivity index (χ3n) is 3.75. The summed E-state index contributed by atoms with van der Waals surface area (Å²) in [5.41, 5.74) is 5.83. The number of amides is 1. The Bertz CT molecular complexity index is 251. The number of aliphatic hydroxyl groups excluding tert-OH is 1. The van der Waals surface area contributed by atoms with E-state index in [1.807, 2.05) is 4.90 Å². The van der Waals surface area contributed by atoms with Gasteiger partial charge in [-0.3, -0.25) is 4.79 Å². The summed E-state index contributed by atoms with van der Waals surface area (Å²) >= 11 is 0. The van der Waals surface area contributed by atoms with Crippen molar-refractivity contribution >= 4 is 5.91 Å². The molecular formula is C11H20N2O2. The van der Waals surface area contributed by atoms with E-state index in [0.717, 1.165) is 32.2 Å². The van der Waals surface area contributed by atoms with E-state index in [4.69, 9.17) is 10.8 Å². The predicted molar refractivity (Wildman–Crippen MR) is 57.2 cm³/mol. The minimum atomic E-state index is -0.214. The Kier molecular flexibility index (Phi) is 2.98. The quantitative estimate of drug-likeness (QED) is 0.697. The van der Waals surface area contributed by atoms with Crippen LogP contribution >= 0.6 is 0 Å². The SMILES string of the molecule is NC1(CC(=O)N2CCC(CO)C2)CCC1. The van der Waals surface area contributed by atoms with Gasteiger partial charge in [-0.1, -0.05) is 0 Å². The fourth-order valence-electron chi connectivity index (χ4n) is 2.43. The van der Waals surface area contributed by atoms with E-state index >= 15 is 0 Å². The first-order chi connectivity index (χ1) is 7.13. The average molecular weight is 212 g/mol. The fraction of sp³-hybridized carbons (Fsp3) is 0.909. The number of likely N-dealkylation sites (tertiary alicyclic amines) is 1. The van der Waals surface area contributed by atoms with Crippen molar-refractivity contribution in [3.05, 3.63) is 0 Å². The van der Waals surface area contributed by atoms with E-state index in [1.165, 1.54) is 0 Å². The van der Waals surface area contributed by atoms with Gasteiger partial charge in [-0.05, 0) is 25.7 Å². The van der Waals surface area contributed by atoms with E-state index in [1.54, 1.807) is 0 Å². The van der Waals surface area contributed by atoms with Gasteiger partial charge in [-0.15, -0.1) is 0 Å². The van der Waals surface area contributed by atoms with Crippen molar-refractivity contribution in [2.75, 3.05) is 19.7 Å². The van der Waals surface area contributed by atoms with Gasteiger partial charge in [0.25, 0.3) is 0 Å². The molecule has 2 aliphatic rings.